The van der Waals surface area contributed by atoms with Crippen molar-refractivity contribution in [1.82, 2.24) is 19.9 Å². The van der Waals surface area contributed by atoms with Gasteiger partial charge in [-0.3, -0.25) is 14.9 Å². The summed E-state index contributed by atoms with van der Waals surface area (Å²) in [4.78, 5) is 19.2. The Morgan fingerprint density at radius 3 is 2.71 bits per heavy atom. The van der Waals surface area contributed by atoms with E-state index >= 15 is 0 Å². The van der Waals surface area contributed by atoms with Crippen LogP contribution < -0.4 is 10.5 Å². The highest BCUT2D eigenvalue weighted by atomic mass is 16.5. The average molecular weight is 455 g/mol. The number of nitrogens with two attached hydrogens (primary N) is 1. The lowest BCUT2D eigenvalue weighted by molar-refractivity contribution is 0.218. The molecule has 0 bridgehead atoms. The summed E-state index contributed by atoms with van der Waals surface area (Å²) in [7, 11) is 3.46. The summed E-state index contributed by atoms with van der Waals surface area (Å²) in [6.07, 6.45) is 10.9. The van der Waals surface area contributed by atoms with Gasteiger partial charge in [0.2, 0.25) is 0 Å². The molecule has 0 aliphatic carbocycles. The molecule has 7 heteroatoms. The van der Waals surface area contributed by atoms with Crippen molar-refractivity contribution in [2.24, 2.45) is 10.7 Å². The van der Waals surface area contributed by atoms with Gasteiger partial charge in [0.15, 0.2) is 0 Å². The van der Waals surface area contributed by atoms with Crippen LogP contribution in [0.5, 0.6) is 5.75 Å². The number of nitrogens with one attached hydrogen (secondary N) is 1. The molecule has 34 heavy (non-hydrogen) atoms. The number of aliphatic imine (C=N–C) groups is 1. The van der Waals surface area contributed by atoms with Crippen LogP contribution >= 0.6 is 0 Å². The van der Waals surface area contributed by atoms with Crippen LogP contribution in [0.15, 0.2) is 53.9 Å². The van der Waals surface area contributed by atoms with Crippen LogP contribution in [-0.2, 0) is 6.54 Å². The minimum Gasteiger partial charge on any atom is -0.496 e. The van der Waals surface area contributed by atoms with Gasteiger partial charge in [-0.25, -0.2) is 4.98 Å². The van der Waals surface area contributed by atoms with Crippen molar-refractivity contribution in [2.45, 2.75) is 25.8 Å². The molecule has 0 saturated carbocycles. The number of likely N-dealkylation sites (tertiary alicyclic amines) is 1. The third-order valence-electron chi connectivity index (χ3n) is 6.54. The van der Waals surface area contributed by atoms with Gasteiger partial charge in [-0.15, -0.1) is 0 Å². The highest BCUT2D eigenvalue weighted by molar-refractivity contribution is 6.12. The minimum atomic E-state index is 0.774. The molecule has 1 aliphatic heterocycles. The van der Waals surface area contributed by atoms with E-state index in [4.69, 9.17) is 15.5 Å². The van der Waals surface area contributed by atoms with E-state index in [1.807, 2.05) is 18.5 Å². The highest BCUT2D eigenvalue weighted by Crippen LogP contribution is 2.32. The van der Waals surface area contributed by atoms with Crippen LogP contribution in [0.3, 0.4) is 0 Å². The van der Waals surface area contributed by atoms with E-state index in [1.54, 1.807) is 20.4 Å². The Bertz CT molecular complexity index is 1380. The number of methoxy groups -OCH3 is 1. The van der Waals surface area contributed by atoms with Crippen LogP contribution in [0.2, 0.25) is 0 Å². The number of fused-ring (bicyclic) bond motifs is 3. The average Bonchev–Trinajstić information content (AvgIpc) is 3.25. The van der Waals surface area contributed by atoms with Crippen LogP contribution in [0.4, 0.5) is 0 Å². The summed E-state index contributed by atoms with van der Waals surface area (Å²) in [5, 5.41) is 2.09. The normalized spacial score (nSPS) is 15.5. The van der Waals surface area contributed by atoms with Crippen molar-refractivity contribution in [3.05, 3.63) is 60.2 Å². The van der Waals surface area contributed by atoms with E-state index in [9.17, 15) is 0 Å². The number of H-pyrrole nitrogens is 1. The van der Waals surface area contributed by atoms with Crippen LogP contribution in [0.25, 0.3) is 38.6 Å². The van der Waals surface area contributed by atoms with Crippen molar-refractivity contribution in [1.29, 1.82) is 0 Å². The molecular weight excluding hydrogens is 424 g/mol. The van der Waals surface area contributed by atoms with Gasteiger partial charge in [-0.1, -0.05) is 18.6 Å². The van der Waals surface area contributed by atoms with E-state index in [2.05, 4.69) is 44.1 Å². The zero-order valence-corrected chi connectivity index (χ0v) is 19.7. The summed E-state index contributed by atoms with van der Waals surface area (Å²) in [6, 6.07) is 10.7. The van der Waals surface area contributed by atoms with Gasteiger partial charge < -0.3 is 15.5 Å². The number of ether oxygens (including phenoxy) is 1. The predicted molar refractivity (Wildman–Crippen MR) is 139 cm³/mol. The maximum atomic E-state index is 5.79. The number of piperidine rings is 1. The second kappa shape index (κ2) is 9.65. The van der Waals surface area contributed by atoms with Crippen molar-refractivity contribution in [3.8, 4) is 16.9 Å². The fourth-order valence-electron chi connectivity index (χ4n) is 4.74. The molecule has 1 aliphatic rings. The molecule has 1 saturated heterocycles. The molecular formula is C27H30N6O. The van der Waals surface area contributed by atoms with Gasteiger partial charge >= 0.3 is 0 Å². The van der Waals surface area contributed by atoms with Gasteiger partial charge in [-0.05, 0) is 49.7 Å². The summed E-state index contributed by atoms with van der Waals surface area (Å²) < 4.78 is 5.78. The maximum absolute atomic E-state index is 5.79. The fraction of sp³-hybridized carbons (Fsp3) is 0.296. The number of aromatic nitrogens is 3. The van der Waals surface area contributed by atoms with Gasteiger partial charge in [0.05, 0.1) is 24.5 Å². The Morgan fingerprint density at radius 1 is 1.09 bits per heavy atom. The van der Waals surface area contributed by atoms with Crippen LogP contribution in [0.1, 0.15) is 30.5 Å². The second-order valence-electron chi connectivity index (χ2n) is 8.73. The molecule has 5 rings (SSSR count). The predicted octanol–water partition coefficient (Wildman–Crippen LogP) is 4.77. The molecule has 0 radical (unpaired) electrons. The van der Waals surface area contributed by atoms with E-state index in [-0.39, 0.29) is 0 Å². The Kier molecular flexibility index (Phi) is 6.27. The number of rotatable bonds is 6. The molecule has 1 aromatic carbocycles. The molecule has 4 aromatic rings. The monoisotopic (exact) mass is 454 g/mol. The number of benzene rings is 1. The Morgan fingerprint density at radius 2 is 1.94 bits per heavy atom. The first-order valence-electron chi connectivity index (χ1n) is 11.7. The molecule has 1 fully saturated rings. The largest absolute Gasteiger partial charge is 0.496 e. The van der Waals surface area contributed by atoms with Crippen LogP contribution in [0, 0.1) is 0 Å². The molecule has 0 amide bonds. The molecule has 0 atom stereocenters. The fourth-order valence-corrected chi connectivity index (χ4v) is 4.74. The first-order chi connectivity index (χ1) is 16.7. The smallest absolute Gasteiger partial charge is 0.138 e. The van der Waals surface area contributed by atoms with Crippen molar-refractivity contribution in [2.75, 3.05) is 27.2 Å². The quantitative estimate of drug-likeness (QED) is 0.409. The molecule has 174 valence electrons. The Hall–Kier alpha value is -3.71. The standard InChI is InChI=1S/C27H30N6O/c1-29-14-21(13-28)24-12-22-23-10-20(15-31-27(23)32-25(22)16-30-24)18-6-7-19(26(11-18)34-2)17-33-8-4-3-5-9-33/h6-7,10-16H,3-5,8-9,17,28H2,1-2H3,(H,31,32). The van der Waals surface area contributed by atoms with E-state index in [1.165, 1.54) is 31.0 Å². The molecule has 3 N–H and O–H groups in total. The topological polar surface area (TPSA) is 92.4 Å². The summed E-state index contributed by atoms with van der Waals surface area (Å²) in [6.45, 7) is 3.25. The van der Waals surface area contributed by atoms with Gasteiger partial charge in [0, 0.05) is 59.7 Å². The maximum Gasteiger partial charge on any atom is 0.138 e. The lowest BCUT2D eigenvalue weighted by Crippen LogP contribution is -2.29. The van der Waals surface area contributed by atoms with Crippen molar-refractivity contribution in [3.63, 3.8) is 0 Å². The van der Waals surface area contributed by atoms with Crippen LogP contribution in [-0.4, -0.2) is 53.3 Å². The van der Waals surface area contributed by atoms with Gasteiger partial charge in [0.25, 0.3) is 0 Å². The third-order valence-corrected chi connectivity index (χ3v) is 6.54. The first kappa shape index (κ1) is 22.1. The van der Waals surface area contributed by atoms with Crippen molar-refractivity contribution >= 4 is 33.7 Å². The number of hydrogen-bond acceptors (Lipinski definition) is 6. The summed E-state index contributed by atoms with van der Waals surface area (Å²) in [5.74, 6) is 0.921. The minimum absolute atomic E-state index is 0.774. The molecule has 7 nitrogen and oxygen atoms in total. The van der Waals surface area contributed by atoms with Crippen molar-refractivity contribution < 1.29 is 4.74 Å². The zero-order chi connectivity index (χ0) is 23.5. The first-order valence-corrected chi connectivity index (χ1v) is 11.7. The number of aromatic amines is 1. The lowest BCUT2D eigenvalue weighted by atomic mass is 10.0. The number of nitrogens with zero attached hydrogens (tertiary/aromatic N) is 4. The van der Waals surface area contributed by atoms with E-state index in [0.29, 0.717) is 0 Å². The number of hydrogen-bond donors (Lipinski definition) is 2. The lowest BCUT2D eigenvalue weighted by Gasteiger charge is -2.27. The van der Waals surface area contributed by atoms with Gasteiger partial charge in [-0.2, -0.15) is 0 Å². The number of allylic oxidation sites excluding steroid dienone is 1. The molecule has 3 aromatic heterocycles. The summed E-state index contributed by atoms with van der Waals surface area (Å²) >= 11 is 0. The molecule has 4 heterocycles. The molecule has 0 unspecified atom stereocenters. The zero-order valence-electron chi connectivity index (χ0n) is 19.7. The van der Waals surface area contributed by atoms with E-state index in [0.717, 1.165) is 69.7 Å². The van der Waals surface area contributed by atoms with Gasteiger partial charge in [0.1, 0.15) is 11.4 Å². The molecule has 0 spiro atoms. The second-order valence-corrected chi connectivity index (χ2v) is 8.73. The highest BCUT2D eigenvalue weighted by Gasteiger charge is 2.15. The third kappa shape index (κ3) is 4.26. The number of pyridine rings is 2. The summed E-state index contributed by atoms with van der Waals surface area (Å²) in [5.41, 5.74) is 12.5. The Labute approximate surface area is 199 Å². The Balaban J connectivity index is 1.52. The van der Waals surface area contributed by atoms with E-state index < -0.39 is 0 Å². The SMILES string of the molecule is CN=CC(=CN)c1cc2c(cn1)[nH]c1ncc(-c3ccc(CN4CCCCC4)c(OC)c3)cc12.